The van der Waals surface area contributed by atoms with Crippen molar-refractivity contribution in [2.24, 2.45) is 0 Å². The van der Waals surface area contributed by atoms with Gasteiger partial charge in [0.1, 0.15) is 0 Å². The monoisotopic (exact) mass is 261 g/mol. The van der Waals surface area contributed by atoms with Crippen molar-refractivity contribution < 1.29 is 8.42 Å². The van der Waals surface area contributed by atoms with Crippen molar-refractivity contribution in [3.8, 4) is 0 Å². The van der Waals surface area contributed by atoms with E-state index in [1.165, 1.54) is 0 Å². The Kier molecular flexibility index (Phi) is 2.86. The molecule has 2 fully saturated rings. The molecule has 0 bridgehead atoms. The first-order valence-electron chi connectivity index (χ1n) is 6.10. The second kappa shape index (κ2) is 3.66. The van der Waals surface area contributed by atoms with Gasteiger partial charge in [0, 0.05) is 30.7 Å². The summed E-state index contributed by atoms with van der Waals surface area (Å²) in [5.41, 5.74) is -0.294. The minimum Gasteiger partial charge on any atom is -0.296 e. The van der Waals surface area contributed by atoms with Gasteiger partial charge in [-0.15, -0.1) is 0 Å². The minimum absolute atomic E-state index is 0.0282. The standard InChI is InChI=1S/C11H23N3O2S/c1-10(2,3)13-6-7-14-9(8-13)11(4,5)12-17(14,15)16/h9,12H,6-8H2,1-5H3. The Morgan fingerprint density at radius 3 is 2.35 bits per heavy atom. The molecule has 2 aliphatic heterocycles. The smallest absolute Gasteiger partial charge is 0.280 e. The van der Waals surface area contributed by atoms with E-state index >= 15 is 0 Å². The van der Waals surface area contributed by atoms with E-state index in [2.05, 4.69) is 30.4 Å². The van der Waals surface area contributed by atoms with Crippen LogP contribution in [-0.2, 0) is 10.2 Å². The maximum absolute atomic E-state index is 12.0. The van der Waals surface area contributed by atoms with E-state index in [4.69, 9.17) is 0 Å². The zero-order valence-electron chi connectivity index (χ0n) is 11.3. The third-order valence-electron chi connectivity index (χ3n) is 3.81. The van der Waals surface area contributed by atoms with Crippen LogP contribution in [-0.4, -0.2) is 54.4 Å². The lowest BCUT2D eigenvalue weighted by atomic mass is 9.92. The van der Waals surface area contributed by atoms with Gasteiger partial charge in [0.2, 0.25) is 0 Å². The molecule has 0 saturated carbocycles. The molecule has 0 amide bonds. The molecular formula is C11H23N3O2S. The fraction of sp³-hybridized carbons (Fsp3) is 1.00. The maximum atomic E-state index is 12.0. The van der Waals surface area contributed by atoms with Crippen molar-refractivity contribution in [1.82, 2.24) is 13.9 Å². The van der Waals surface area contributed by atoms with Crippen LogP contribution in [0.25, 0.3) is 0 Å². The lowest BCUT2D eigenvalue weighted by molar-refractivity contribution is 0.0468. The van der Waals surface area contributed by atoms with Crippen LogP contribution in [0, 0.1) is 0 Å². The molecule has 2 aliphatic rings. The van der Waals surface area contributed by atoms with Gasteiger partial charge in [-0.25, -0.2) is 0 Å². The quantitative estimate of drug-likeness (QED) is 0.686. The molecule has 1 atom stereocenters. The van der Waals surface area contributed by atoms with Gasteiger partial charge in [0.25, 0.3) is 10.2 Å². The van der Waals surface area contributed by atoms with Crippen molar-refractivity contribution in [3.05, 3.63) is 0 Å². The van der Waals surface area contributed by atoms with Gasteiger partial charge in [-0.05, 0) is 34.6 Å². The van der Waals surface area contributed by atoms with E-state index in [1.54, 1.807) is 4.31 Å². The Hall–Kier alpha value is -0.170. The Balaban J connectivity index is 2.26. The van der Waals surface area contributed by atoms with Gasteiger partial charge >= 0.3 is 0 Å². The number of nitrogens with one attached hydrogen (secondary N) is 1. The van der Waals surface area contributed by atoms with Crippen LogP contribution in [0.2, 0.25) is 0 Å². The van der Waals surface area contributed by atoms with Crippen LogP contribution >= 0.6 is 0 Å². The predicted octanol–water partition coefficient (Wildman–Crippen LogP) is 0.398. The number of rotatable bonds is 0. The first-order chi connectivity index (χ1) is 7.54. The van der Waals surface area contributed by atoms with Gasteiger partial charge in [0.05, 0.1) is 6.04 Å². The zero-order valence-corrected chi connectivity index (χ0v) is 12.1. The summed E-state index contributed by atoms with van der Waals surface area (Å²) >= 11 is 0. The minimum atomic E-state index is -3.27. The first-order valence-corrected chi connectivity index (χ1v) is 7.54. The molecule has 0 aromatic rings. The highest BCUT2D eigenvalue weighted by Crippen LogP contribution is 2.32. The van der Waals surface area contributed by atoms with Crippen LogP contribution in [0.3, 0.4) is 0 Å². The fourth-order valence-corrected chi connectivity index (χ4v) is 4.62. The highest BCUT2D eigenvalue weighted by atomic mass is 32.2. The molecule has 5 nitrogen and oxygen atoms in total. The van der Waals surface area contributed by atoms with Gasteiger partial charge in [0.15, 0.2) is 0 Å². The predicted molar refractivity (Wildman–Crippen MR) is 68.0 cm³/mol. The Morgan fingerprint density at radius 1 is 1.24 bits per heavy atom. The summed E-state index contributed by atoms with van der Waals surface area (Å²) in [7, 11) is -3.27. The topological polar surface area (TPSA) is 52.7 Å². The van der Waals surface area contributed by atoms with E-state index in [0.29, 0.717) is 6.54 Å². The van der Waals surface area contributed by atoms with E-state index in [9.17, 15) is 8.42 Å². The normalized spacial score (nSPS) is 33.6. The zero-order chi connectivity index (χ0) is 13.1. The number of fused-ring (bicyclic) bond motifs is 1. The van der Waals surface area contributed by atoms with E-state index in [1.807, 2.05) is 13.8 Å². The second-order valence-corrected chi connectivity index (χ2v) is 8.20. The van der Waals surface area contributed by atoms with Gasteiger partial charge in [-0.3, -0.25) is 4.90 Å². The van der Waals surface area contributed by atoms with Crippen molar-refractivity contribution in [2.45, 2.75) is 51.7 Å². The van der Waals surface area contributed by atoms with Crippen LogP contribution in [0.15, 0.2) is 0 Å². The summed E-state index contributed by atoms with van der Waals surface area (Å²) in [6, 6.07) is 0.0282. The Labute approximate surface area is 104 Å². The molecular weight excluding hydrogens is 238 g/mol. The summed E-state index contributed by atoms with van der Waals surface area (Å²) in [6.07, 6.45) is 0. The molecule has 1 N–H and O–H groups in total. The molecule has 100 valence electrons. The van der Waals surface area contributed by atoms with E-state index in [-0.39, 0.29) is 17.1 Å². The number of hydrogen-bond donors (Lipinski definition) is 1. The van der Waals surface area contributed by atoms with Gasteiger partial charge < -0.3 is 0 Å². The van der Waals surface area contributed by atoms with Crippen molar-refractivity contribution in [2.75, 3.05) is 19.6 Å². The number of piperazine rings is 1. The number of nitrogens with zero attached hydrogens (tertiary/aromatic N) is 2. The van der Waals surface area contributed by atoms with Crippen molar-refractivity contribution in [3.63, 3.8) is 0 Å². The Bertz CT molecular complexity index is 411. The van der Waals surface area contributed by atoms with Crippen LogP contribution in [0.1, 0.15) is 34.6 Å². The summed E-state index contributed by atoms with van der Waals surface area (Å²) < 4.78 is 28.3. The molecule has 0 spiro atoms. The lowest BCUT2D eigenvalue weighted by Gasteiger charge is -2.45. The second-order valence-electron chi connectivity index (χ2n) is 6.57. The molecule has 17 heavy (non-hydrogen) atoms. The summed E-state index contributed by atoms with van der Waals surface area (Å²) in [5.74, 6) is 0. The van der Waals surface area contributed by atoms with E-state index in [0.717, 1.165) is 13.1 Å². The highest BCUT2D eigenvalue weighted by molar-refractivity contribution is 7.87. The highest BCUT2D eigenvalue weighted by Gasteiger charge is 2.52. The third kappa shape index (κ3) is 2.23. The lowest BCUT2D eigenvalue weighted by Crippen LogP contribution is -2.60. The SMILES string of the molecule is CC1(C)NS(=O)(=O)N2CCN(C(C)(C)C)CC21. The van der Waals surface area contributed by atoms with Gasteiger partial charge in [-0.1, -0.05) is 0 Å². The number of hydrogen-bond acceptors (Lipinski definition) is 3. The maximum Gasteiger partial charge on any atom is 0.280 e. The average molecular weight is 261 g/mol. The Morgan fingerprint density at radius 2 is 1.82 bits per heavy atom. The van der Waals surface area contributed by atoms with E-state index < -0.39 is 10.2 Å². The fourth-order valence-electron chi connectivity index (χ4n) is 2.71. The molecule has 2 saturated heterocycles. The molecule has 0 aromatic carbocycles. The van der Waals surface area contributed by atoms with Crippen LogP contribution in [0.5, 0.6) is 0 Å². The molecule has 0 aromatic heterocycles. The van der Waals surface area contributed by atoms with Crippen LogP contribution < -0.4 is 4.72 Å². The van der Waals surface area contributed by atoms with Crippen LogP contribution in [0.4, 0.5) is 0 Å². The molecule has 0 aliphatic carbocycles. The molecule has 2 heterocycles. The van der Waals surface area contributed by atoms with Gasteiger partial charge in [-0.2, -0.15) is 17.4 Å². The average Bonchev–Trinajstić information content (AvgIpc) is 2.31. The summed E-state index contributed by atoms with van der Waals surface area (Å²) in [5, 5.41) is 0. The molecule has 6 heteroatoms. The first kappa shape index (κ1) is 13.3. The summed E-state index contributed by atoms with van der Waals surface area (Å²) in [6.45, 7) is 12.6. The molecule has 1 unspecified atom stereocenters. The molecule has 0 radical (unpaired) electrons. The van der Waals surface area contributed by atoms with Crippen molar-refractivity contribution >= 4 is 10.2 Å². The third-order valence-corrected chi connectivity index (χ3v) is 5.65. The summed E-state index contributed by atoms with van der Waals surface area (Å²) in [4.78, 5) is 2.36. The van der Waals surface area contributed by atoms with Crippen molar-refractivity contribution in [1.29, 1.82) is 0 Å². The largest absolute Gasteiger partial charge is 0.296 e. The molecule has 2 rings (SSSR count).